The maximum Gasteiger partial charge on any atom is 0.134 e. The monoisotopic (exact) mass is 234 g/mol. The molecule has 2 N–H and O–H groups in total. The molecule has 3 rings (SSSR count). The van der Waals surface area contributed by atoms with E-state index >= 15 is 0 Å². The number of nitrogens with two attached hydrogens (primary N) is 1. The topological polar surface area (TPSA) is 56.7 Å². The Morgan fingerprint density at radius 2 is 1.94 bits per heavy atom. The van der Waals surface area contributed by atoms with Crippen molar-refractivity contribution >= 4 is 0 Å². The molecule has 0 aliphatic heterocycles. The number of rotatable bonds is 3. The Kier molecular flexibility index (Phi) is 2.90. The van der Waals surface area contributed by atoms with Crippen LogP contribution in [0, 0.1) is 0 Å². The van der Waals surface area contributed by atoms with Crippen LogP contribution >= 0.6 is 0 Å². The molecule has 4 nitrogen and oxygen atoms in total. The molecule has 2 saturated carbocycles. The summed E-state index contributed by atoms with van der Waals surface area (Å²) >= 11 is 0. The SMILES string of the molecule is NC1(Cc2nncn2C2CCCC2)CCCC1. The van der Waals surface area contributed by atoms with Crippen molar-refractivity contribution in [2.75, 3.05) is 0 Å². The lowest BCUT2D eigenvalue weighted by molar-refractivity contribution is 0.402. The van der Waals surface area contributed by atoms with Crippen molar-refractivity contribution in [2.24, 2.45) is 5.73 Å². The lowest BCUT2D eigenvalue weighted by atomic mass is 9.94. The van der Waals surface area contributed by atoms with Crippen LogP contribution in [0.5, 0.6) is 0 Å². The van der Waals surface area contributed by atoms with Gasteiger partial charge < -0.3 is 10.3 Å². The molecule has 1 aromatic rings. The van der Waals surface area contributed by atoms with Crippen molar-refractivity contribution in [3.8, 4) is 0 Å². The van der Waals surface area contributed by atoms with E-state index in [2.05, 4.69) is 14.8 Å². The van der Waals surface area contributed by atoms with Gasteiger partial charge in [-0.1, -0.05) is 25.7 Å². The van der Waals surface area contributed by atoms with Crippen molar-refractivity contribution in [1.29, 1.82) is 0 Å². The molecule has 2 fully saturated rings. The first-order valence-corrected chi connectivity index (χ1v) is 6.94. The summed E-state index contributed by atoms with van der Waals surface area (Å²) in [5.74, 6) is 1.11. The van der Waals surface area contributed by atoms with Crippen LogP contribution in [0.1, 0.15) is 63.2 Å². The highest BCUT2D eigenvalue weighted by Gasteiger charge is 2.32. The quantitative estimate of drug-likeness (QED) is 0.872. The maximum absolute atomic E-state index is 6.44. The van der Waals surface area contributed by atoms with E-state index in [9.17, 15) is 0 Å². The van der Waals surface area contributed by atoms with Gasteiger partial charge in [0.1, 0.15) is 12.2 Å². The van der Waals surface area contributed by atoms with Crippen LogP contribution in [0.2, 0.25) is 0 Å². The van der Waals surface area contributed by atoms with Gasteiger partial charge in [0.15, 0.2) is 0 Å². The molecule has 0 amide bonds. The molecule has 0 bridgehead atoms. The van der Waals surface area contributed by atoms with Crippen LogP contribution < -0.4 is 5.73 Å². The zero-order valence-electron chi connectivity index (χ0n) is 10.4. The van der Waals surface area contributed by atoms with Crippen LogP contribution in [-0.2, 0) is 6.42 Å². The number of nitrogens with zero attached hydrogens (tertiary/aromatic N) is 3. The fourth-order valence-electron chi connectivity index (χ4n) is 3.45. The first-order chi connectivity index (χ1) is 8.27. The average Bonchev–Trinajstić information content (AvgIpc) is 2.98. The molecule has 0 atom stereocenters. The van der Waals surface area contributed by atoms with E-state index in [-0.39, 0.29) is 5.54 Å². The lowest BCUT2D eigenvalue weighted by Gasteiger charge is -2.24. The number of hydrogen-bond acceptors (Lipinski definition) is 3. The molecule has 0 saturated heterocycles. The second kappa shape index (κ2) is 4.41. The smallest absolute Gasteiger partial charge is 0.134 e. The fraction of sp³-hybridized carbons (Fsp3) is 0.846. The highest BCUT2D eigenvalue weighted by Crippen LogP contribution is 2.33. The molecular weight excluding hydrogens is 212 g/mol. The summed E-state index contributed by atoms with van der Waals surface area (Å²) in [6, 6.07) is 0.630. The van der Waals surface area contributed by atoms with E-state index in [1.165, 1.54) is 38.5 Å². The molecule has 0 unspecified atom stereocenters. The highest BCUT2D eigenvalue weighted by atomic mass is 15.3. The van der Waals surface area contributed by atoms with Gasteiger partial charge in [-0.25, -0.2) is 0 Å². The predicted molar refractivity (Wildman–Crippen MR) is 66.6 cm³/mol. The third-order valence-corrected chi connectivity index (χ3v) is 4.47. The van der Waals surface area contributed by atoms with Gasteiger partial charge in [-0.15, -0.1) is 10.2 Å². The summed E-state index contributed by atoms with van der Waals surface area (Å²) in [5.41, 5.74) is 6.43. The summed E-state index contributed by atoms with van der Waals surface area (Å²) in [4.78, 5) is 0. The predicted octanol–water partition coefficient (Wildman–Crippen LogP) is 2.21. The third kappa shape index (κ3) is 2.23. The molecular formula is C13H22N4. The van der Waals surface area contributed by atoms with Gasteiger partial charge in [0.25, 0.3) is 0 Å². The number of hydrogen-bond donors (Lipinski definition) is 1. The zero-order chi connectivity index (χ0) is 11.7. The Labute approximate surface area is 103 Å². The fourth-order valence-corrected chi connectivity index (χ4v) is 3.45. The van der Waals surface area contributed by atoms with Gasteiger partial charge in [0, 0.05) is 18.0 Å². The summed E-state index contributed by atoms with van der Waals surface area (Å²) in [7, 11) is 0. The first kappa shape index (κ1) is 11.2. The summed E-state index contributed by atoms with van der Waals surface area (Å²) in [5, 5.41) is 8.40. The van der Waals surface area contributed by atoms with Crippen molar-refractivity contribution < 1.29 is 0 Å². The van der Waals surface area contributed by atoms with Gasteiger partial charge in [-0.2, -0.15) is 0 Å². The van der Waals surface area contributed by atoms with Crippen molar-refractivity contribution in [2.45, 2.75) is 69.4 Å². The van der Waals surface area contributed by atoms with E-state index in [0.717, 1.165) is 25.1 Å². The normalized spacial score (nSPS) is 24.5. The molecule has 94 valence electrons. The van der Waals surface area contributed by atoms with Crippen molar-refractivity contribution in [1.82, 2.24) is 14.8 Å². The molecule has 2 aliphatic rings. The molecule has 17 heavy (non-hydrogen) atoms. The third-order valence-electron chi connectivity index (χ3n) is 4.47. The van der Waals surface area contributed by atoms with Crippen LogP contribution in [0.25, 0.3) is 0 Å². The van der Waals surface area contributed by atoms with Gasteiger partial charge in [-0.3, -0.25) is 0 Å². The van der Waals surface area contributed by atoms with Crippen molar-refractivity contribution in [3.05, 3.63) is 12.2 Å². The van der Waals surface area contributed by atoms with Gasteiger partial charge in [-0.05, 0) is 25.7 Å². The Bertz CT molecular complexity index is 373. The van der Waals surface area contributed by atoms with Gasteiger partial charge in [0.05, 0.1) is 0 Å². The largest absolute Gasteiger partial charge is 0.325 e. The van der Waals surface area contributed by atoms with Crippen LogP contribution in [0.3, 0.4) is 0 Å². The lowest BCUT2D eigenvalue weighted by Crippen LogP contribution is -2.39. The number of aromatic nitrogens is 3. The summed E-state index contributed by atoms with van der Waals surface area (Å²) < 4.78 is 2.29. The van der Waals surface area contributed by atoms with Gasteiger partial charge >= 0.3 is 0 Å². The van der Waals surface area contributed by atoms with Crippen LogP contribution in [0.4, 0.5) is 0 Å². The Morgan fingerprint density at radius 1 is 1.24 bits per heavy atom. The standard InChI is InChI=1S/C13H22N4/c14-13(7-3-4-8-13)9-12-16-15-10-17(12)11-5-1-2-6-11/h10-11H,1-9,14H2. The van der Waals surface area contributed by atoms with Crippen LogP contribution in [-0.4, -0.2) is 20.3 Å². The van der Waals surface area contributed by atoms with E-state index in [4.69, 9.17) is 5.73 Å². The average molecular weight is 234 g/mol. The molecule has 1 aromatic heterocycles. The Balaban J connectivity index is 1.76. The van der Waals surface area contributed by atoms with E-state index < -0.39 is 0 Å². The summed E-state index contributed by atoms with van der Waals surface area (Å²) in [6.07, 6.45) is 12.9. The van der Waals surface area contributed by atoms with Crippen molar-refractivity contribution in [3.63, 3.8) is 0 Å². The zero-order valence-corrected chi connectivity index (χ0v) is 10.4. The summed E-state index contributed by atoms with van der Waals surface area (Å²) in [6.45, 7) is 0. The maximum atomic E-state index is 6.44. The molecule has 0 radical (unpaired) electrons. The highest BCUT2D eigenvalue weighted by molar-refractivity contribution is 5.02. The molecule has 0 aromatic carbocycles. The Morgan fingerprint density at radius 3 is 2.65 bits per heavy atom. The molecule has 0 spiro atoms. The minimum Gasteiger partial charge on any atom is -0.325 e. The van der Waals surface area contributed by atoms with E-state index in [1.54, 1.807) is 0 Å². The first-order valence-electron chi connectivity index (χ1n) is 6.94. The van der Waals surface area contributed by atoms with E-state index in [1.807, 2.05) is 6.33 Å². The molecule has 4 heteroatoms. The molecule has 2 aliphatic carbocycles. The second-order valence-electron chi connectivity index (χ2n) is 5.84. The van der Waals surface area contributed by atoms with Crippen LogP contribution in [0.15, 0.2) is 6.33 Å². The Hall–Kier alpha value is -0.900. The molecule has 1 heterocycles. The second-order valence-corrected chi connectivity index (χ2v) is 5.84. The van der Waals surface area contributed by atoms with Gasteiger partial charge in [0.2, 0.25) is 0 Å². The minimum absolute atomic E-state index is 0.0105. The minimum atomic E-state index is -0.0105. The van der Waals surface area contributed by atoms with E-state index in [0.29, 0.717) is 6.04 Å².